The number of piperidine rings is 1. The van der Waals surface area contributed by atoms with Crippen LogP contribution in [-0.2, 0) is 6.42 Å². The van der Waals surface area contributed by atoms with Crippen molar-refractivity contribution in [2.45, 2.75) is 38.1 Å². The van der Waals surface area contributed by atoms with E-state index in [2.05, 4.69) is 17.5 Å². The van der Waals surface area contributed by atoms with Crippen LogP contribution in [0.4, 0.5) is 0 Å². The summed E-state index contributed by atoms with van der Waals surface area (Å²) in [7, 11) is 0. The second-order valence-corrected chi connectivity index (χ2v) is 6.00. The predicted molar refractivity (Wildman–Crippen MR) is 91.6 cm³/mol. The standard InChI is InChI=1S/C20H22N2O/c21-15-17-8-2-4-11-20(17)23-19-10-3-1-7-16(19)12-13-18-9-5-6-14-22-18/h1-4,7-8,10-11,18,22H,5-6,9,12-14H2. The van der Waals surface area contributed by atoms with Gasteiger partial charge in [0.2, 0.25) is 0 Å². The molecule has 3 nitrogen and oxygen atoms in total. The Labute approximate surface area is 137 Å². The molecule has 0 aromatic heterocycles. The first-order chi connectivity index (χ1) is 11.4. The van der Waals surface area contributed by atoms with Gasteiger partial charge in [-0.2, -0.15) is 5.26 Å². The minimum absolute atomic E-state index is 0.566. The Morgan fingerprint density at radius 3 is 2.61 bits per heavy atom. The monoisotopic (exact) mass is 306 g/mol. The van der Waals surface area contributed by atoms with E-state index in [1.54, 1.807) is 6.07 Å². The fourth-order valence-electron chi connectivity index (χ4n) is 3.08. The van der Waals surface area contributed by atoms with Crippen LogP contribution in [0, 0.1) is 11.3 Å². The number of para-hydroxylation sites is 2. The fraction of sp³-hybridized carbons (Fsp3) is 0.350. The molecule has 2 aromatic rings. The van der Waals surface area contributed by atoms with Gasteiger partial charge in [0.25, 0.3) is 0 Å². The molecule has 118 valence electrons. The van der Waals surface area contributed by atoms with Crippen LogP contribution in [0.25, 0.3) is 0 Å². The van der Waals surface area contributed by atoms with Gasteiger partial charge in [-0.3, -0.25) is 0 Å². The minimum atomic E-state index is 0.566. The minimum Gasteiger partial charge on any atom is -0.456 e. The molecular weight excluding hydrogens is 284 g/mol. The van der Waals surface area contributed by atoms with Gasteiger partial charge in [-0.05, 0) is 56.0 Å². The number of benzene rings is 2. The molecule has 0 saturated carbocycles. The third-order valence-corrected chi connectivity index (χ3v) is 4.37. The van der Waals surface area contributed by atoms with Gasteiger partial charge in [0, 0.05) is 6.04 Å². The molecule has 1 aliphatic heterocycles. The van der Waals surface area contributed by atoms with Crippen molar-refractivity contribution in [1.82, 2.24) is 5.32 Å². The average Bonchev–Trinajstić information content (AvgIpc) is 2.62. The number of hydrogen-bond donors (Lipinski definition) is 1. The molecule has 0 radical (unpaired) electrons. The third-order valence-electron chi connectivity index (χ3n) is 4.37. The van der Waals surface area contributed by atoms with Gasteiger partial charge in [0.1, 0.15) is 17.6 Å². The lowest BCUT2D eigenvalue weighted by atomic mass is 9.97. The Hall–Kier alpha value is -2.31. The lowest BCUT2D eigenvalue weighted by Crippen LogP contribution is -2.34. The van der Waals surface area contributed by atoms with Gasteiger partial charge in [-0.1, -0.05) is 36.8 Å². The molecule has 3 rings (SSSR count). The van der Waals surface area contributed by atoms with Gasteiger partial charge in [0.15, 0.2) is 0 Å². The molecule has 0 bridgehead atoms. The zero-order valence-corrected chi connectivity index (χ0v) is 13.3. The van der Waals surface area contributed by atoms with Crippen molar-refractivity contribution in [1.29, 1.82) is 5.26 Å². The molecule has 23 heavy (non-hydrogen) atoms. The van der Waals surface area contributed by atoms with E-state index in [4.69, 9.17) is 4.74 Å². The first-order valence-electron chi connectivity index (χ1n) is 8.35. The summed E-state index contributed by atoms with van der Waals surface area (Å²) in [5.74, 6) is 1.48. The normalized spacial score (nSPS) is 17.4. The highest BCUT2D eigenvalue weighted by Crippen LogP contribution is 2.29. The Morgan fingerprint density at radius 2 is 1.83 bits per heavy atom. The topological polar surface area (TPSA) is 45.0 Å². The van der Waals surface area contributed by atoms with Gasteiger partial charge in [-0.15, -0.1) is 0 Å². The number of ether oxygens (including phenoxy) is 1. The molecule has 3 heteroatoms. The Kier molecular flexibility index (Phi) is 5.29. The smallest absolute Gasteiger partial charge is 0.145 e. The molecule has 2 aromatic carbocycles. The Balaban J connectivity index is 1.71. The van der Waals surface area contributed by atoms with Crippen molar-refractivity contribution in [2.75, 3.05) is 6.54 Å². The van der Waals surface area contributed by atoms with Crippen molar-refractivity contribution in [3.8, 4) is 17.6 Å². The number of rotatable bonds is 5. The van der Waals surface area contributed by atoms with E-state index in [1.807, 2.05) is 36.4 Å². The van der Waals surface area contributed by atoms with E-state index in [-0.39, 0.29) is 0 Å². The second-order valence-electron chi connectivity index (χ2n) is 6.00. The van der Waals surface area contributed by atoms with Crippen LogP contribution in [0.1, 0.15) is 36.8 Å². The SMILES string of the molecule is N#Cc1ccccc1Oc1ccccc1CCC1CCCCN1. The van der Waals surface area contributed by atoms with E-state index in [9.17, 15) is 5.26 Å². The van der Waals surface area contributed by atoms with Gasteiger partial charge in [0.05, 0.1) is 5.56 Å². The van der Waals surface area contributed by atoms with E-state index in [0.717, 1.165) is 25.1 Å². The van der Waals surface area contributed by atoms with Crippen molar-refractivity contribution >= 4 is 0 Å². The number of nitrogens with zero attached hydrogens (tertiary/aromatic N) is 1. The lowest BCUT2D eigenvalue weighted by molar-refractivity contribution is 0.380. The largest absolute Gasteiger partial charge is 0.456 e. The fourth-order valence-corrected chi connectivity index (χ4v) is 3.08. The quantitative estimate of drug-likeness (QED) is 0.889. The summed E-state index contributed by atoms with van der Waals surface area (Å²) in [6.45, 7) is 1.14. The van der Waals surface area contributed by atoms with Gasteiger partial charge < -0.3 is 10.1 Å². The second kappa shape index (κ2) is 7.80. The van der Waals surface area contributed by atoms with Crippen molar-refractivity contribution in [2.24, 2.45) is 0 Å². The third kappa shape index (κ3) is 4.12. The van der Waals surface area contributed by atoms with E-state index >= 15 is 0 Å². The highest BCUT2D eigenvalue weighted by Gasteiger charge is 2.14. The lowest BCUT2D eigenvalue weighted by Gasteiger charge is -2.23. The highest BCUT2D eigenvalue weighted by molar-refractivity contribution is 5.46. The summed E-state index contributed by atoms with van der Waals surface area (Å²) >= 11 is 0. The number of aryl methyl sites for hydroxylation is 1. The summed E-state index contributed by atoms with van der Waals surface area (Å²) in [5, 5.41) is 12.8. The van der Waals surface area contributed by atoms with Crippen molar-refractivity contribution < 1.29 is 4.74 Å². The van der Waals surface area contributed by atoms with E-state index < -0.39 is 0 Å². The molecule has 0 amide bonds. The summed E-state index contributed by atoms with van der Waals surface area (Å²) in [6.07, 6.45) is 6.00. The molecule has 1 unspecified atom stereocenters. The van der Waals surface area contributed by atoms with Crippen LogP contribution >= 0.6 is 0 Å². The zero-order chi connectivity index (χ0) is 15.9. The Morgan fingerprint density at radius 1 is 1.04 bits per heavy atom. The first-order valence-corrected chi connectivity index (χ1v) is 8.35. The van der Waals surface area contributed by atoms with Crippen LogP contribution < -0.4 is 10.1 Å². The highest BCUT2D eigenvalue weighted by atomic mass is 16.5. The average molecular weight is 306 g/mol. The van der Waals surface area contributed by atoms with Crippen molar-refractivity contribution in [3.05, 3.63) is 59.7 Å². The maximum absolute atomic E-state index is 9.20. The molecular formula is C20H22N2O. The molecule has 1 aliphatic rings. The van der Waals surface area contributed by atoms with Gasteiger partial charge >= 0.3 is 0 Å². The molecule has 0 spiro atoms. The molecule has 1 atom stereocenters. The summed E-state index contributed by atoms with van der Waals surface area (Å²) < 4.78 is 6.03. The van der Waals surface area contributed by atoms with E-state index in [0.29, 0.717) is 17.4 Å². The molecule has 1 heterocycles. The van der Waals surface area contributed by atoms with Crippen LogP contribution in [0.5, 0.6) is 11.5 Å². The number of hydrogen-bond acceptors (Lipinski definition) is 3. The Bertz CT molecular complexity index is 684. The van der Waals surface area contributed by atoms with Crippen LogP contribution in [-0.4, -0.2) is 12.6 Å². The summed E-state index contributed by atoms with van der Waals surface area (Å²) in [5.41, 5.74) is 1.77. The van der Waals surface area contributed by atoms with Crippen LogP contribution in [0.3, 0.4) is 0 Å². The van der Waals surface area contributed by atoms with Crippen LogP contribution in [0.2, 0.25) is 0 Å². The van der Waals surface area contributed by atoms with Crippen molar-refractivity contribution in [3.63, 3.8) is 0 Å². The molecule has 1 fully saturated rings. The van der Waals surface area contributed by atoms with E-state index in [1.165, 1.54) is 24.8 Å². The number of nitrogens with one attached hydrogen (secondary N) is 1. The number of nitriles is 1. The van der Waals surface area contributed by atoms with Crippen LogP contribution in [0.15, 0.2) is 48.5 Å². The molecule has 1 N–H and O–H groups in total. The maximum atomic E-state index is 9.20. The first kappa shape index (κ1) is 15.6. The molecule has 1 saturated heterocycles. The zero-order valence-electron chi connectivity index (χ0n) is 13.3. The summed E-state index contributed by atoms with van der Waals surface area (Å²) in [4.78, 5) is 0. The predicted octanol–water partition coefficient (Wildman–Crippen LogP) is 4.43. The molecule has 0 aliphatic carbocycles. The summed E-state index contributed by atoms with van der Waals surface area (Å²) in [6, 6.07) is 18.3. The van der Waals surface area contributed by atoms with Gasteiger partial charge in [-0.25, -0.2) is 0 Å². The maximum Gasteiger partial charge on any atom is 0.145 e.